The minimum absolute atomic E-state index is 0.228. The Balaban J connectivity index is 1.19. The molecule has 0 N–H and O–H groups in total. The molecule has 0 radical (unpaired) electrons. The fourth-order valence-corrected chi connectivity index (χ4v) is 6.69. The van der Waals surface area contributed by atoms with E-state index in [4.69, 9.17) is 16.3 Å². The monoisotopic (exact) mass is 490 g/mol. The van der Waals surface area contributed by atoms with Crippen LogP contribution in [0.25, 0.3) is 21.1 Å². The van der Waals surface area contributed by atoms with E-state index in [0.29, 0.717) is 29.6 Å². The fraction of sp³-hybridized carbons (Fsp3) is 0.346. The fourth-order valence-electron chi connectivity index (χ4n) is 5.58. The van der Waals surface area contributed by atoms with E-state index < -0.39 is 5.60 Å². The molecule has 2 aromatic carbocycles. The second-order valence-electron chi connectivity index (χ2n) is 9.48. The molecule has 1 spiro atoms. The Morgan fingerprint density at radius 1 is 1.29 bits per heavy atom. The third-order valence-corrected chi connectivity index (χ3v) is 8.38. The van der Waals surface area contributed by atoms with Crippen molar-refractivity contribution in [3.05, 3.63) is 64.3 Å². The molecule has 2 unspecified atom stereocenters. The number of thiophene rings is 1. The summed E-state index contributed by atoms with van der Waals surface area (Å²) in [6.45, 7) is 1.95. The summed E-state index contributed by atoms with van der Waals surface area (Å²) in [4.78, 5) is 19.2. The van der Waals surface area contributed by atoms with Crippen LogP contribution in [0.2, 0.25) is 5.02 Å². The SMILES string of the molecule is N#Cc1ccc2ncn(CC3CCCC4(C3)CN(Cc3csc5ccc(Cl)cc35)C(=O)O4)c2c1. The van der Waals surface area contributed by atoms with Crippen LogP contribution in [0.5, 0.6) is 0 Å². The number of nitriles is 1. The van der Waals surface area contributed by atoms with Crippen LogP contribution in [0.4, 0.5) is 4.79 Å². The third-order valence-electron chi connectivity index (χ3n) is 7.13. The van der Waals surface area contributed by atoms with Crippen LogP contribution in [-0.2, 0) is 17.8 Å². The van der Waals surface area contributed by atoms with Crippen molar-refractivity contribution >= 4 is 50.2 Å². The first-order chi connectivity index (χ1) is 16.5. The van der Waals surface area contributed by atoms with E-state index in [-0.39, 0.29) is 6.09 Å². The van der Waals surface area contributed by atoms with Gasteiger partial charge in [0.15, 0.2) is 0 Å². The zero-order chi connectivity index (χ0) is 23.3. The molecule has 34 heavy (non-hydrogen) atoms. The number of hydrogen-bond acceptors (Lipinski definition) is 5. The van der Waals surface area contributed by atoms with Gasteiger partial charge in [0.25, 0.3) is 0 Å². The molecule has 4 aromatic rings. The molecule has 1 saturated heterocycles. The summed E-state index contributed by atoms with van der Waals surface area (Å²) < 4.78 is 9.36. The number of nitrogens with zero attached hydrogens (tertiary/aromatic N) is 4. The molecule has 6 nitrogen and oxygen atoms in total. The van der Waals surface area contributed by atoms with Crippen molar-refractivity contribution in [1.82, 2.24) is 14.5 Å². The van der Waals surface area contributed by atoms with Gasteiger partial charge in [0, 0.05) is 16.3 Å². The van der Waals surface area contributed by atoms with Gasteiger partial charge in [0.05, 0.1) is 42.1 Å². The second-order valence-corrected chi connectivity index (χ2v) is 10.8. The Morgan fingerprint density at radius 3 is 3.09 bits per heavy atom. The first-order valence-electron chi connectivity index (χ1n) is 11.5. The number of benzene rings is 2. The number of aromatic nitrogens is 2. The van der Waals surface area contributed by atoms with Crippen LogP contribution >= 0.6 is 22.9 Å². The lowest BCUT2D eigenvalue weighted by Crippen LogP contribution is -2.40. The average Bonchev–Trinajstić information content (AvgIpc) is 3.50. The Hall–Kier alpha value is -3.08. The highest BCUT2D eigenvalue weighted by Crippen LogP contribution is 2.41. The average molecular weight is 491 g/mol. The lowest BCUT2D eigenvalue weighted by atomic mass is 9.78. The summed E-state index contributed by atoms with van der Waals surface area (Å²) in [6.07, 6.45) is 5.47. The smallest absolute Gasteiger partial charge is 0.410 e. The topological polar surface area (TPSA) is 71.2 Å². The first kappa shape index (κ1) is 21.5. The molecule has 0 bridgehead atoms. The maximum atomic E-state index is 12.9. The maximum absolute atomic E-state index is 12.9. The van der Waals surface area contributed by atoms with E-state index >= 15 is 0 Å². The maximum Gasteiger partial charge on any atom is 0.410 e. The molecule has 2 aromatic heterocycles. The minimum Gasteiger partial charge on any atom is -0.441 e. The first-order valence-corrected chi connectivity index (χ1v) is 12.8. The van der Waals surface area contributed by atoms with Gasteiger partial charge in [-0.25, -0.2) is 9.78 Å². The molecular formula is C26H23ClN4O2S. The summed E-state index contributed by atoms with van der Waals surface area (Å²) in [5.74, 6) is 0.380. The summed E-state index contributed by atoms with van der Waals surface area (Å²) >= 11 is 7.89. The number of rotatable bonds is 4. The molecule has 2 fully saturated rings. The third kappa shape index (κ3) is 3.81. The number of amides is 1. The molecule has 1 aliphatic carbocycles. The quantitative estimate of drug-likeness (QED) is 0.334. The zero-order valence-electron chi connectivity index (χ0n) is 18.5. The standard InChI is InChI=1S/C26H23ClN4O2S/c27-20-4-6-24-21(9-20)19(14-34-24)13-30-15-26(33-25(30)32)7-1-2-18(10-26)12-31-16-29-22-5-3-17(11-28)8-23(22)31/h3-6,8-9,14,16,18H,1-2,7,10,12-13,15H2. The summed E-state index contributed by atoms with van der Waals surface area (Å²) in [5, 5.41) is 13.2. The van der Waals surface area contributed by atoms with Gasteiger partial charge in [-0.15, -0.1) is 11.3 Å². The number of ether oxygens (including phenoxy) is 1. The van der Waals surface area contributed by atoms with Gasteiger partial charge in [-0.1, -0.05) is 11.6 Å². The van der Waals surface area contributed by atoms with E-state index in [1.165, 1.54) is 4.70 Å². The van der Waals surface area contributed by atoms with Crippen molar-refractivity contribution in [2.75, 3.05) is 6.54 Å². The molecule has 1 aliphatic heterocycles. The molecule has 2 atom stereocenters. The Morgan fingerprint density at radius 2 is 2.21 bits per heavy atom. The number of fused-ring (bicyclic) bond motifs is 2. The molecule has 8 heteroatoms. The number of imidazole rings is 1. The number of carbonyl (C=O) groups is 1. The molecular weight excluding hydrogens is 468 g/mol. The molecule has 2 aliphatic rings. The van der Waals surface area contributed by atoms with Crippen molar-refractivity contribution < 1.29 is 9.53 Å². The van der Waals surface area contributed by atoms with Crippen molar-refractivity contribution in [2.45, 2.75) is 44.4 Å². The van der Waals surface area contributed by atoms with Crippen molar-refractivity contribution in [2.24, 2.45) is 5.92 Å². The van der Waals surface area contributed by atoms with E-state index in [0.717, 1.165) is 54.2 Å². The second kappa shape index (κ2) is 8.30. The van der Waals surface area contributed by atoms with Crippen molar-refractivity contribution in [1.29, 1.82) is 5.26 Å². The van der Waals surface area contributed by atoms with Crippen LogP contribution in [0.3, 0.4) is 0 Å². The van der Waals surface area contributed by atoms with Crippen molar-refractivity contribution in [3.63, 3.8) is 0 Å². The summed E-state index contributed by atoms with van der Waals surface area (Å²) in [6, 6.07) is 13.7. The van der Waals surface area contributed by atoms with E-state index in [9.17, 15) is 10.1 Å². The van der Waals surface area contributed by atoms with Gasteiger partial charge in [-0.3, -0.25) is 4.90 Å². The normalized spacial score (nSPS) is 22.5. The van der Waals surface area contributed by atoms with Gasteiger partial charge in [0.1, 0.15) is 5.60 Å². The zero-order valence-corrected chi connectivity index (χ0v) is 20.1. The number of halogens is 1. The number of hydrogen-bond donors (Lipinski definition) is 0. The van der Waals surface area contributed by atoms with Gasteiger partial charge in [0.2, 0.25) is 0 Å². The van der Waals surface area contributed by atoms with Gasteiger partial charge in [-0.2, -0.15) is 5.26 Å². The predicted molar refractivity (Wildman–Crippen MR) is 133 cm³/mol. The van der Waals surface area contributed by atoms with Crippen LogP contribution < -0.4 is 0 Å². The van der Waals surface area contributed by atoms with Gasteiger partial charge >= 0.3 is 6.09 Å². The predicted octanol–water partition coefficient (Wildman–Crippen LogP) is 6.36. The van der Waals surface area contributed by atoms with Crippen molar-refractivity contribution in [3.8, 4) is 6.07 Å². The molecule has 6 rings (SSSR count). The largest absolute Gasteiger partial charge is 0.441 e. The van der Waals surface area contributed by atoms with Crippen LogP contribution in [0.1, 0.15) is 36.8 Å². The van der Waals surface area contributed by atoms with E-state index in [1.807, 2.05) is 41.6 Å². The summed E-state index contributed by atoms with van der Waals surface area (Å²) in [5.41, 5.74) is 3.19. The highest BCUT2D eigenvalue weighted by Gasteiger charge is 2.48. The van der Waals surface area contributed by atoms with E-state index in [2.05, 4.69) is 21.0 Å². The highest BCUT2D eigenvalue weighted by molar-refractivity contribution is 7.17. The van der Waals surface area contributed by atoms with Crippen LogP contribution in [0.15, 0.2) is 48.1 Å². The highest BCUT2D eigenvalue weighted by atomic mass is 35.5. The van der Waals surface area contributed by atoms with Crippen LogP contribution in [0, 0.1) is 17.2 Å². The summed E-state index contributed by atoms with van der Waals surface area (Å²) in [7, 11) is 0. The lowest BCUT2D eigenvalue weighted by Gasteiger charge is -2.36. The van der Waals surface area contributed by atoms with Gasteiger partial charge in [-0.05, 0) is 84.3 Å². The Bertz CT molecular complexity index is 1450. The van der Waals surface area contributed by atoms with Crippen LogP contribution in [-0.4, -0.2) is 32.7 Å². The lowest BCUT2D eigenvalue weighted by molar-refractivity contribution is 0.00415. The molecule has 172 valence electrons. The Labute approximate surface area is 206 Å². The number of carbonyl (C=O) groups excluding carboxylic acids is 1. The molecule has 3 heterocycles. The van der Waals surface area contributed by atoms with Gasteiger partial charge < -0.3 is 9.30 Å². The Kier molecular flexibility index (Phi) is 5.23. The van der Waals surface area contributed by atoms with E-state index in [1.54, 1.807) is 17.4 Å². The molecule has 1 amide bonds. The molecule has 1 saturated carbocycles. The minimum atomic E-state index is -0.433.